The molecule has 24 heavy (non-hydrogen) atoms. The number of nitro groups is 1. The molecule has 0 heterocycles. The Morgan fingerprint density at radius 3 is 2.38 bits per heavy atom. The average Bonchev–Trinajstić information content (AvgIpc) is 2.58. The molecular formula is C16H14N2O6. The molecule has 0 aliphatic carbocycles. The molecule has 1 amide bonds. The van der Waals surface area contributed by atoms with Crippen LogP contribution in [0.1, 0.15) is 15.9 Å². The molecule has 8 heteroatoms. The van der Waals surface area contributed by atoms with Crippen molar-refractivity contribution in [1.82, 2.24) is 0 Å². The molecule has 0 atom stereocenters. The number of amides is 1. The largest absolute Gasteiger partial charge is 0.481 e. The topological polar surface area (TPSA) is 122 Å². The number of carbonyl (C=O) groups is 2. The number of rotatable bonds is 7. The van der Waals surface area contributed by atoms with Crippen molar-refractivity contribution in [2.24, 2.45) is 5.73 Å². The number of benzene rings is 2. The molecule has 0 fully saturated rings. The van der Waals surface area contributed by atoms with Gasteiger partial charge in [0.25, 0.3) is 11.6 Å². The number of primary amides is 1. The number of carbonyl (C=O) groups excluding carboxylic acids is 2. The molecular weight excluding hydrogens is 316 g/mol. The maximum atomic E-state index is 11.7. The van der Waals surface area contributed by atoms with E-state index in [0.29, 0.717) is 5.56 Å². The summed E-state index contributed by atoms with van der Waals surface area (Å²) in [5, 5.41) is 10.5. The van der Waals surface area contributed by atoms with Crippen molar-refractivity contribution in [2.75, 3.05) is 6.61 Å². The number of esters is 1. The van der Waals surface area contributed by atoms with Gasteiger partial charge >= 0.3 is 5.97 Å². The van der Waals surface area contributed by atoms with Crippen LogP contribution in [0.25, 0.3) is 0 Å². The van der Waals surface area contributed by atoms with E-state index in [1.165, 1.54) is 36.4 Å². The molecule has 0 aromatic heterocycles. The second-order valence-corrected chi connectivity index (χ2v) is 4.73. The lowest BCUT2D eigenvalue weighted by Crippen LogP contribution is -2.18. The van der Waals surface area contributed by atoms with Gasteiger partial charge in [-0.1, -0.05) is 12.1 Å². The Kier molecular flexibility index (Phi) is 5.45. The van der Waals surface area contributed by atoms with E-state index >= 15 is 0 Å². The van der Waals surface area contributed by atoms with Crippen LogP contribution in [-0.2, 0) is 16.1 Å². The van der Waals surface area contributed by atoms with Crippen LogP contribution >= 0.6 is 0 Å². The summed E-state index contributed by atoms with van der Waals surface area (Å²) in [6.45, 7) is -0.436. The lowest BCUT2D eigenvalue weighted by Gasteiger charge is -2.09. The van der Waals surface area contributed by atoms with Crippen LogP contribution in [0.3, 0.4) is 0 Å². The summed E-state index contributed by atoms with van der Waals surface area (Å²) >= 11 is 0. The summed E-state index contributed by atoms with van der Waals surface area (Å²) in [6.07, 6.45) is 0. The standard InChI is InChI=1S/C16H14N2O6/c17-16(20)13-3-1-2-4-14(13)23-10-15(19)24-9-11-5-7-12(8-6-11)18(21)22/h1-8H,9-10H2,(H2,17,20). The molecule has 0 aliphatic rings. The van der Waals surface area contributed by atoms with Crippen LogP contribution in [0.5, 0.6) is 5.75 Å². The van der Waals surface area contributed by atoms with Crippen molar-refractivity contribution in [3.05, 3.63) is 69.8 Å². The maximum absolute atomic E-state index is 11.7. The van der Waals surface area contributed by atoms with Gasteiger partial charge < -0.3 is 15.2 Å². The molecule has 2 N–H and O–H groups in total. The number of ether oxygens (including phenoxy) is 2. The predicted octanol–water partition coefficient (Wildman–Crippen LogP) is 1.82. The number of hydrogen-bond acceptors (Lipinski definition) is 6. The first-order chi connectivity index (χ1) is 11.5. The fourth-order valence-corrected chi connectivity index (χ4v) is 1.85. The molecule has 0 bridgehead atoms. The summed E-state index contributed by atoms with van der Waals surface area (Å²) in [6, 6.07) is 11.9. The molecule has 0 aliphatic heterocycles. The molecule has 8 nitrogen and oxygen atoms in total. The van der Waals surface area contributed by atoms with Crippen LogP contribution in [0.15, 0.2) is 48.5 Å². The van der Waals surface area contributed by atoms with E-state index in [0.717, 1.165) is 0 Å². The number of nitrogens with two attached hydrogens (primary N) is 1. The minimum Gasteiger partial charge on any atom is -0.481 e. The predicted molar refractivity (Wildman–Crippen MR) is 83.3 cm³/mol. The van der Waals surface area contributed by atoms with E-state index in [1.807, 2.05) is 0 Å². The van der Waals surface area contributed by atoms with Crippen LogP contribution in [0.4, 0.5) is 5.69 Å². The Morgan fingerprint density at radius 2 is 1.75 bits per heavy atom. The first kappa shape index (κ1) is 16.9. The summed E-state index contributed by atoms with van der Waals surface area (Å²) in [5.74, 6) is -1.12. The van der Waals surface area contributed by atoms with Crippen molar-refractivity contribution < 1.29 is 24.0 Å². The minimum absolute atomic E-state index is 0.0440. The molecule has 0 unspecified atom stereocenters. The van der Waals surface area contributed by atoms with Crippen LogP contribution in [-0.4, -0.2) is 23.4 Å². The van der Waals surface area contributed by atoms with Crippen molar-refractivity contribution in [2.45, 2.75) is 6.61 Å². The van der Waals surface area contributed by atoms with Gasteiger partial charge in [-0.3, -0.25) is 14.9 Å². The van der Waals surface area contributed by atoms with Gasteiger partial charge in [0.15, 0.2) is 6.61 Å². The highest BCUT2D eigenvalue weighted by Gasteiger charge is 2.11. The zero-order valence-corrected chi connectivity index (χ0v) is 12.5. The van der Waals surface area contributed by atoms with Gasteiger partial charge in [0.1, 0.15) is 12.4 Å². The molecule has 0 spiro atoms. The monoisotopic (exact) mass is 330 g/mol. The highest BCUT2D eigenvalue weighted by atomic mass is 16.6. The van der Waals surface area contributed by atoms with Gasteiger partial charge in [-0.05, 0) is 29.8 Å². The van der Waals surface area contributed by atoms with Gasteiger partial charge in [-0.25, -0.2) is 4.79 Å². The Balaban J connectivity index is 1.86. The highest BCUT2D eigenvalue weighted by Crippen LogP contribution is 2.17. The van der Waals surface area contributed by atoms with Gasteiger partial charge in [0, 0.05) is 12.1 Å². The average molecular weight is 330 g/mol. The van der Waals surface area contributed by atoms with E-state index in [4.69, 9.17) is 15.2 Å². The molecule has 0 saturated carbocycles. The zero-order valence-electron chi connectivity index (χ0n) is 12.5. The van der Waals surface area contributed by atoms with Crippen molar-refractivity contribution >= 4 is 17.6 Å². The Hall–Kier alpha value is -3.42. The number of nitrogens with zero attached hydrogens (tertiary/aromatic N) is 1. The van der Waals surface area contributed by atoms with Crippen LogP contribution < -0.4 is 10.5 Å². The summed E-state index contributed by atoms with van der Waals surface area (Å²) in [5.41, 5.74) is 5.93. The Morgan fingerprint density at radius 1 is 1.08 bits per heavy atom. The molecule has 0 saturated heterocycles. The van der Waals surface area contributed by atoms with Gasteiger partial charge in [0.05, 0.1) is 10.5 Å². The second-order valence-electron chi connectivity index (χ2n) is 4.73. The van der Waals surface area contributed by atoms with Crippen LogP contribution in [0, 0.1) is 10.1 Å². The molecule has 2 rings (SSSR count). The van der Waals surface area contributed by atoms with Gasteiger partial charge in [-0.15, -0.1) is 0 Å². The normalized spacial score (nSPS) is 10.0. The van der Waals surface area contributed by atoms with Crippen molar-refractivity contribution in [1.29, 1.82) is 0 Å². The third kappa shape index (κ3) is 4.54. The number of non-ortho nitro benzene ring substituents is 1. The summed E-state index contributed by atoms with van der Waals surface area (Å²) in [7, 11) is 0. The van der Waals surface area contributed by atoms with E-state index in [1.54, 1.807) is 12.1 Å². The third-order valence-electron chi connectivity index (χ3n) is 3.05. The lowest BCUT2D eigenvalue weighted by atomic mass is 10.2. The van der Waals surface area contributed by atoms with Gasteiger partial charge in [-0.2, -0.15) is 0 Å². The Bertz CT molecular complexity index is 757. The lowest BCUT2D eigenvalue weighted by molar-refractivity contribution is -0.384. The van der Waals surface area contributed by atoms with E-state index in [-0.39, 0.29) is 23.6 Å². The SMILES string of the molecule is NC(=O)c1ccccc1OCC(=O)OCc1ccc([N+](=O)[O-])cc1. The van der Waals surface area contributed by atoms with E-state index in [2.05, 4.69) is 0 Å². The highest BCUT2D eigenvalue weighted by molar-refractivity contribution is 5.95. The smallest absolute Gasteiger partial charge is 0.344 e. The fourth-order valence-electron chi connectivity index (χ4n) is 1.85. The maximum Gasteiger partial charge on any atom is 0.344 e. The second kappa shape index (κ2) is 7.73. The quantitative estimate of drug-likeness (QED) is 0.469. The zero-order chi connectivity index (χ0) is 17.5. The van der Waals surface area contributed by atoms with Crippen molar-refractivity contribution in [3.8, 4) is 5.75 Å². The number of hydrogen-bond donors (Lipinski definition) is 1. The van der Waals surface area contributed by atoms with Crippen molar-refractivity contribution in [3.63, 3.8) is 0 Å². The summed E-state index contributed by atoms with van der Waals surface area (Å²) in [4.78, 5) is 32.9. The van der Waals surface area contributed by atoms with E-state index < -0.39 is 23.4 Å². The fraction of sp³-hybridized carbons (Fsp3) is 0.125. The minimum atomic E-state index is -0.662. The van der Waals surface area contributed by atoms with Crippen LogP contribution in [0.2, 0.25) is 0 Å². The molecule has 124 valence electrons. The Labute approximate surface area is 136 Å². The first-order valence-corrected chi connectivity index (χ1v) is 6.88. The molecule has 0 radical (unpaired) electrons. The van der Waals surface area contributed by atoms with E-state index in [9.17, 15) is 19.7 Å². The number of para-hydroxylation sites is 1. The number of nitro benzene ring substituents is 1. The first-order valence-electron chi connectivity index (χ1n) is 6.88. The summed E-state index contributed by atoms with van der Waals surface area (Å²) < 4.78 is 10.2. The molecule has 2 aromatic carbocycles. The third-order valence-corrected chi connectivity index (χ3v) is 3.05. The molecule has 2 aromatic rings. The van der Waals surface area contributed by atoms with Gasteiger partial charge in [0.2, 0.25) is 0 Å².